The van der Waals surface area contributed by atoms with Crippen LogP contribution in [0.4, 0.5) is 0 Å². The average molecular weight is 589 g/mol. The second-order valence-electron chi connectivity index (χ2n) is 11.6. The number of imidazole rings is 1. The Morgan fingerprint density at radius 2 is 1.74 bits per heavy atom. The fourth-order valence-corrected chi connectivity index (χ4v) is 5.60. The number of rotatable bonds is 5. The van der Waals surface area contributed by atoms with E-state index in [2.05, 4.69) is 94.1 Å². The van der Waals surface area contributed by atoms with Crippen LogP contribution in [0.3, 0.4) is 0 Å². The second-order valence-corrected chi connectivity index (χ2v) is 11.6. The molecule has 1 aliphatic carbocycles. The minimum atomic E-state index is -0.140. The number of nitrogens with zero attached hydrogens (tertiary/aromatic N) is 2. The van der Waals surface area contributed by atoms with E-state index in [1.54, 1.807) is 0 Å². The summed E-state index contributed by atoms with van der Waals surface area (Å²) in [4.78, 5) is 13.3. The first kappa shape index (κ1) is 27.7. The number of halogens is 1. The lowest BCUT2D eigenvalue weighted by molar-refractivity contribution is -0.634. The van der Waals surface area contributed by atoms with E-state index in [0.29, 0.717) is 17.8 Å². The number of aromatic nitrogens is 2. The van der Waals surface area contributed by atoms with Crippen molar-refractivity contribution in [2.75, 3.05) is 0 Å². The van der Waals surface area contributed by atoms with Crippen LogP contribution in [0.5, 0.6) is 0 Å². The van der Waals surface area contributed by atoms with E-state index in [1.807, 2.05) is 12.1 Å². The minimum Gasteiger partial charge on any atom is -1.00 e. The maximum absolute atomic E-state index is 13.3. The molecule has 1 saturated carbocycles. The van der Waals surface area contributed by atoms with Gasteiger partial charge in [-0.25, -0.2) is 13.9 Å². The van der Waals surface area contributed by atoms with Gasteiger partial charge in [-0.3, -0.25) is 0 Å². The monoisotopic (exact) mass is 588 g/mol. The molecule has 0 bridgehead atoms. The van der Waals surface area contributed by atoms with Crippen molar-refractivity contribution in [2.24, 2.45) is 24.8 Å². The molecule has 4 nitrogen and oxygen atoms in total. The molecule has 0 saturated heterocycles. The van der Waals surface area contributed by atoms with Crippen molar-refractivity contribution < 1.29 is 38.1 Å². The number of carbonyl (C=O) groups is 1. The average Bonchev–Trinajstić information content (AvgIpc) is 3.04. The van der Waals surface area contributed by atoms with E-state index in [4.69, 9.17) is 4.74 Å². The number of aryl methyl sites for hydroxylation is 1. The Hall–Kier alpha value is -1.89. The summed E-state index contributed by atoms with van der Waals surface area (Å²) in [7, 11) is 2.08. The van der Waals surface area contributed by atoms with E-state index in [1.165, 1.54) is 12.0 Å². The van der Waals surface area contributed by atoms with Gasteiger partial charge in [0.05, 0.1) is 12.6 Å². The van der Waals surface area contributed by atoms with E-state index in [0.717, 1.165) is 35.3 Å². The summed E-state index contributed by atoms with van der Waals surface area (Å²) in [6.45, 7) is 13.7. The van der Waals surface area contributed by atoms with E-state index >= 15 is 0 Å². The second kappa shape index (κ2) is 11.0. The van der Waals surface area contributed by atoms with E-state index in [9.17, 15) is 4.79 Å². The molecule has 4 rings (SSSR count). The molecule has 1 aliphatic rings. The van der Waals surface area contributed by atoms with Gasteiger partial charge in [0.15, 0.2) is 17.6 Å². The number of benzene rings is 2. The zero-order chi connectivity index (χ0) is 24.6. The summed E-state index contributed by atoms with van der Waals surface area (Å²) < 4.78 is 10.5. The van der Waals surface area contributed by atoms with Gasteiger partial charge in [-0.15, -0.1) is 0 Å². The van der Waals surface area contributed by atoms with Crippen molar-refractivity contribution in [1.29, 1.82) is 0 Å². The summed E-state index contributed by atoms with van der Waals surface area (Å²) in [5.41, 5.74) is 4.66. The number of para-hydroxylation sites is 2. The quantitative estimate of drug-likeness (QED) is 0.260. The highest BCUT2D eigenvalue weighted by molar-refractivity contribution is 5.79. The fraction of sp³-hybridized carbons (Fsp3) is 0.533. The lowest BCUT2D eigenvalue weighted by Crippen LogP contribution is -3.00. The van der Waals surface area contributed by atoms with Crippen LogP contribution in [0.1, 0.15) is 66.4 Å². The molecule has 35 heavy (non-hydrogen) atoms. The van der Waals surface area contributed by atoms with Crippen molar-refractivity contribution in [3.63, 3.8) is 0 Å². The highest BCUT2D eigenvalue weighted by Gasteiger charge is 2.34. The molecule has 190 valence electrons. The number of hydrogen-bond donors (Lipinski definition) is 0. The molecule has 1 fully saturated rings. The summed E-state index contributed by atoms with van der Waals surface area (Å²) in [6, 6.07) is 17.0. The molecular formula is C30H41IN2O2. The summed E-state index contributed by atoms with van der Waals surface area (Å²) >= 11 is 0. The third-order valence-electron chi connectivity index (χ3n) is 7.65. The third-order valence-corrected chi connectivity index (χ3v) is 7.65. The van der Waals surface area contributed by atoms with E-state index < -0.39 is 0 Å². The Morgan fingerprint density at radius 3 is 2.37 bits per heavy atom. The van der Waals surface area contributed by atoms with Crippen LogP contribution in [0.2, 0.25) is 0 Å². The predicted molar refractivity (Wildman–Crippen MR) is 138 cm³/mol. The van der Waals surface area contributed by atoms with Crippen LogP contribution >= 0.6 is 0 Å². The molecule has 0 radical (unpaired) electrons. The molecule has 2 aromatic carbocycles. The van der Waals surface area contributed by atoms with Crippen LogP contribution in [-0.4, -0.2) is 16.6 Å². The number of hydrogen-bond acceptors (Lipinski definition) is 2. The van der Waals surface area contributed by atoms with E-state index in [-0.39, 0.29) is 48.0 Å². The van der Waals surface area contributed by atoms with Gasteiger partial charge in [0.1, 0.15) is 6.10 Å². The van der Waals surface area contributed by atoms with Crippen molar-refractivity contribution >= 4 is 17.0 Å². The van der Waals surface area contributed by atoms with Crippen molar-refractivity contribution in [3.8, 4) is 11.4 Å². The Kier molecular flexibility index (Phi) is 8.72. The van der Waals surface area contributed by atoms with Gasteiger partial charge >= 0.3 is 5.97 Å². The van der Waals surface area contributed by atoms with Gasteiger partial charge in [-0.2, -0.15) is 0 Å². The number of carbonyl (C=O) groups excluding carboxylic acids is 1. The lowest BCUT2D eigenvalue weighted by Gasteiger charge is -2.36. The minimum absolute atomic E-state index is 0. The first-order valence-electron chi connectivity index (χ1n) is 12.8. The van der Waals surface area contributed by atoms with Gasteiger partial charge in [-0.1, -0.05) is 72.2 Å². The molecule has 3 atom stereocenters. The molecule has 1 heterocycles. The van der Waals surface area contributed by atoms with Crippen LogP contribution in [0.15, 0.2) is 48.5 Å². The summed E-state index contributed by atoms with van der Waals surface area (Å²) in [6.07, 6.45) is 3.35. The molecule has 0 N–H and O–H groups in total. The van der Waals surface area contributed by atoms with Crippen LogP contribution in [0, 0.1) is 17.8 Å². The molecule has 1 aromatic heterocycles. The predicted octanol–water partition coefficient (Wildman–Crippen LogP) is 3.44. The maximum Gasteiger partial charge on any atom is 0.348 e. The van der Waals surface area contributed by atoms with Gasteiger partial charge in [0, 0.05) is 0 Å². The molecule has 1 unspecified atom stereocenters. The number of fused-ring (bicyclic) bond motifs is 1. The molecule has 5 heteroatoms. The van der Waals surface area contributed by atoms with Gasteiger partial charge in [-0.05, 0) is 65.8 Å². The molecule has 3 aromatic rings. The maximum atomic E-state index is 13.3. The van der Waals surface area contributed by atoms with Crippen molar-refractivity contribution in [1.82, 2.24) is 4.57 Å². The van der Waals surface area contributed by atoms with Gasteiger partial charge in [0.25, 0.3) is 5.82 Å². The normalized spacial score (nSPS) is 20.6. The van der Waals surface area contributed by atoms with Crippen LogP contribution in [0.25, 0.3) is 22.4 Å². The summed E-state index contributed by atoms with van der Waals surface area (Å²) in [5.74, 6) is 2.46. The number of esters is 1. The Morgan fingerprint density at radius 1 is 1.09 bits per heavy atom. The zero-order valence-electron chi connectivity index (χ0n) is 22.3. The molecule has 0 aliphatic heterocycles. The topological polar surface area (TPSA) is 35.1 Å². The van der Waals surface area contributed by atoms with Crippen LogP contribution in [-0.2, 0) is 28.5 Å². The fourth-order valence-electron chi connectivity index (χ4n) is 5.60. The first-order valence-corrected chi connectivity index (χ1v) is 12.8. The molecule has 0 amide bonds. The SMILES string of the molecule is CC(C)[C@@H]1CC[C@@H](C)CC1OC(=O)Cn1c(-c2ccc(C(C)(C)C)cc2)[n+](C)c2ccccc21.[I-]. The molecular weight excluding hydrogens is 547 g/mol. The Labute approximate surface area is 228 Å². The largest absolute Gasteiger partial charge is 1.00 e. The zero-order valence-corrected chi connectivity index (χ0v) is 24.5. The standard InChI is InChI=1S/C30H41N2O2.HI/c1-20(2)24-17-12-21(3)18-27(24)34-28(33)19-32-26-11-9-8-10-25(26)31(7)29(32)22-13-15-23(16-14-22)30(4,5)6;/h8-11,13-16,20-21,24,27H,12,17-19H2,1-7H3;1H/q+1;/p-1/t21-,24+,27?;/m1./s1. The highest BCUT2D eigenvalue weighted by atomic mass is 127. The lowest BCUT2D eigenvalue weighted by atomic mass is 9.75. The smallest absolute Gasteiger partial charge is 0.348 e. The Balaban J connectivity index is 0.00000342. The number of ether oxygens (including phenoxy) is 1. The van der Waals surface area contributed by atoms with Crippen molar-refractivity contribution in [3.05, 3.63) is 54.1 Å². The highest BCUT2D eigenvalue weighted by Crippen LogP contribution is 2.35. The van der Waals surface area contributed by atoms with Gasteiger partial charge < -0.3 is 28.7 Å². The first-order chi connectivity index (χ1) is 16.1. The van der Waals surface area contributed by atoms with Gasteiger partial charge in [0.2, 0.25) is 0 Å². The Bertz CT molecular complexity index is 1160. The van der Waals surface area contributed by atoms with Crippen LogP contribution < -0.4 is 28.5 Å². The summed E-state index contributed by atoms with van der Waals surface area (Å²) in [5, 5.41) is 0. The third kappa shape index (κ3) is 5.92. The van der Waals surface area contributed by atoms with Crippen molar-refractivity contribution in [2.45, 2.75) is 78.9 Å². The molecule has 0 spiro atoms.